The molecule has 0 aliphatic rings. The number of aryl methyl sites for hydroxylation is 2. The van der Waals surface area contributed by atoms with E-state index in [-0.39, 0.29) is 16.3 Å². The number of halogens is 1. The highest BCUT2D eigenvalue weighted by Crippen LogP contribution is 2.26. The predicted octanol–water partition coefficient (Wildman–Crippen LogP) is 3.49. The van der Waals surface area contributed by atoms with Crippen LogP contribution in [0.2, 0.25) is 0 Å². The van der Waals surface area contributed by atoms with Crippen LogP contribution in [0.3, 0.4) is 0 Å². The summed E-state index contributed by atoms with van der Waals surface area (Å²) in [5.41, 5.74) is 1.33. The maximum Gasteiger partial charge on any atom is 0.261 e. The van der Waals surface area contributed by atoms with Crippen molar-refractivity contribution in [1.82, 2.24) is 4.90 Å². The summed E-state index contributed by atoms with van der Waals surface area (Å²) >= 11 is 0. The van der Waals surface area contributed by atoms with Crippen molar-refractivity contribution in [1.29, 1.82) is 0 Å². The lowest BCUT2D eigenvalue weighted by Gasteiger charge is -2.35. The van der Waals surface area contributed by atoms with Gasteiger partial charge in [0.2, 0.25) is 0 Å². The molecule has 1 rings (SSSR count). The van der Waals surface area contributed by atoms with E-state index >= 15 is 0 Å². The number of hydrogen-bond donors (Lipinski definition) is 0. The lowest BCUT2D eigenvalue weighted by Crippen LogP contribution is -2.44. The van der Waals surface area contributed by atoms with Crippen LogP contribution in [0, 0.1) is 13.8 Å². The molecule has 0 radical (unpaired) electrons. The average molecular weight is 332 g/mol. The highest BCUT2D eigenvalue weighted by Gasteiger charge is 2.28. The predicted molar refractivity (Wildman–Crippen MR) is 85.4 cm³/mol. The van der Waals surface area contributed by atoms with Gasteiger partial charge in [-0.05, 0) is 51.3 Å². The Morgan fingerprint density at radius 3 is 2.19 bits per heavy atom. The molecular weight excluding hydrogens is 310 g/mol. The molecule has 0 aromatic heterocycles. The second-order valence-corrected chi connectivity index (χ2v) is 8.43. The summed E-state index contributed by atoms with van der Waals surface area (Å²) in [6.07, 6.45) is 0.792. The fourth-order valence-corrected chi connectivity index (χ4v) is 3.22. The van der Waals surface area contributed by atoms with Crippen molar-refractivity contribution in [2.24, 2.45) is 0 Å². The quantitative estimate of drug-likeness (QED) is 0.793. The molecule has 118 valence electrons. The molecule has 0 aliphatic heterocycles. The number of nitrogens with zero attached hydrogens (tertiary/aromatic N) is 1. The van der Waals surface area contributed by atoms with E-state index in [1.165, 1.54) is 6.07 Å². The minimum Gasteiger partial charge on any atom is -0.337 e. The van der Waals surface area contributed by atoms with Gasteiger partial charge in [0.15, 0.2) is 0 Å². The zero-order valence-corrected chi connectivity index (χ0v) is 14.9. The second-order valence-electron chi connectivity index (χ2n) is 5.90. The number of rotatable bonds is 4. The minimum atomic E-state index is -3.87. The Kier molecular flexibility index (Phi) is 5.11. The van der Waals surface area contributed by atoms with Gasteiger partial charge in [0.25, 0.3) is 15.0 Å². The van der Waals surface area contributed by atoms with Crippen LogP contribution in [0.25, 0.3) is 0 Å². The summed E-state index contributed by atoms with van der Waals surface area (Å²) in [6, 6.07) is 3.05. The summed E-state index contributed by atoms with van der Waals surface area (Å²) in [6.45, 7) is 9.38. The maximum atomic E-state index is 12.6. The van der Waals surface area contributed by atoms with E-state index in [0.29, 0.717) is 11.1 Å². The van der Waals surface area contributed by atoms with Crippen LogP contribution in [0.5, 0.6) is 0 Å². The maximum absolute atomic E-state index is 12.6. The van der Waals surface area contributed by atoms with E-state index in [1.807, 2.05) is 20.8 Å². The largest absolute Gasteiger partial charge is 0.337 e. The van der Waals surface area contributed by atoms with Crippen LogP contribution in [-0.4, -0.2) is 31.8 Å². The fourth-order valence-electron chi connectivity index (χ4n) is 2.02. The van der Waals surface area contributed by atoms with Gasteiger partial charge in [-0.15, -0.1) is 0 Å². The van der Waals surface area contributed by atoms with Crippen molar-refractivity contribution >= 4 is 25.6 Å². The molecule has 0 spiro atoms. The zero-order valence-electron chi connectivity index (χ0n) is 13.3. The molecule has 0 aliphatic carbocycles. The first-order chi connectivity index (χ1) is 9.41. The molecule has 21 heavy (non-hydrogen) atoms. The molecule has 1 aromatic rings. The topological polar surface area (TPSA) is 54.5 Å². The van der Waals surface area contributed by atoms with Crippen molar-refractivity contribution in [2.45, 2.75) is 51.5 Å². The normalized spacial score (nSPS) is 12.3. The number of carbonyl (C=O) groups is 1. The Balaban J connectivity index is 3.41. The van der Waals surface area contributed by atoms with Gasteiger partial charge >= 0.3 is 0 Å². The van der Waals surface area contributed by atoms with E-state index < -0.39 is 9.05 Å². The van der Waals surface area contributed by atoms with Gasteiger partial charge in [0.1, 0.15) is 0 Å². The molecule has 0 saturated heterocycles. The molecule has 0 bridgehead atoms. The SMILES string of the molecule is CCC(C)(C)N(C)C(=O)c1cc(S(=O)(=O)Cl)c(C)cc1C. The van der Waals surface area contributed by atoms with Crippen LogP contribution in [-0.2, 0) is 9.05 Å². The first-order valence-electron chi connectivity index (χ1n) is 6.76. The zero-order chi connectivity index (χ0) is 16.6. The van der Waals surface area contributed by atoms with Crippen LogP contribution >= 0.6 is 10.7 Å². The van der Waals surface area contributed by atoms with Crippen LogP contribution < -0.4 is 0 Å². The average Bonchev–Trinajstić information content (AvgIpc) is 2.35. The van der Waals surface area contributed by atoms with Gasteiger partial charge in [-0.25, -0.2) is 8.42 Å². The Morgan fingerprint density at radius 2 is 1.76 bits per heavy atom. The standard InChI is InChI=1S/C15H22ClNO3S/c1-7-15(4,5)17(6)14(18)12-9-13(21(16,19)20)11(3)8-10(12)2/h8-9H,7H2,1-6H3. The van der Waals surface area contributed by atoms with E-state index in [0.717, 1.165) is 12.0 Å². The van der Waals surface area contributed by atoms with Crippen molar-refractivity contribution in [3.8, 4) is 0 Å². The number of benzene rings is 1. The minimum absolute atomic E-state index is 0.0131. The summed E-state index contributed by atoms with van der Waals surface area (Å²) < 4.78 is 23.2. The number of amides is 1. The van der Waals surface area contributed by atoms with E-state index in [9.17, 15) is 13.2 Å². The van der Waals surface area contributed by atoms with Crippen molar-refractivity contribution in [2.75, 3.05) is 7.05 Å². The molecule has 0 saturated carbocycles. The van der Waals surface area contributed by atoms with E-state index in [4.69, 9.17) is 10.7 Å². The molecule has 0 unspecified atom stereocenters. The Morgan fingerprint density at radius 1 is 1.24 bits per heavy atom. The molecule has 0 atom stereocenters. The lowest BCUT2D eigenvalue weighted by atomic mass is 9.97. The van der Waals surface area contributed by atoms with E-state index in [2.05, 4.69) is 0 Å². The van der Waals surface area contributed by atoms with Crippen LogP contribution in [0.4, 0.5) is 0 Å². The van der Waals surface area contributed by atoms with Gasteiger partial charge in [-0.2, -0.15) is 0 Å². The number of carbonyl (C=O) groups excluding carboxylic acids is 1. The fraction of sp³-hybridized carbons (Fsp3) is 0.533. The molecule has 0 heterocycles. The summed E-state index contributed by atoms with van der Waals surface area (Å²) in [5.74, 6) is -0.207. The number of hydrogen-bond acceptors (Lipinski definition) is 3. The van der Waals surface area contributed by atoms with Crippen molar-refractivity contribution in [3.63, 3.8) is 0 Å². The van der Waals surface area contributed by atoms with Crippen molar-refractivity contribution < 1.29 is 13.2 Å². The Labute approximate surface area is 131 Å². The van der Waals surface area contributed by atoms with Gasteiger partial charge in [0.05, 0.1) is 4.90 Å². The highest BCUT2D eigenvalue weighted by atomic mass is 35.7. The molecule has 1 aromatic carbocycles. The van der Waals surface area contributed by atoms with E-state index in [1.54, 1.807) is 31.9 Å². The Bertz CT molecular complexity index is 666. The van der Waals surface area contributed by atoms with Gasteiger partial charge < -0.3 is 4.90 Å². The Hall–Kier alpha value is -1.07. The molecule has 4 nitrogen and oxygen atoms in total. The first kappa shape index (κ1) is 18.0. The third-order valence-electron chi connectivity index (χ3n) is 4.09. The van der Waals surface area contributed by atoms with Crippen LogP contribution in [0.15, 0.2) is 17.0 Å². The molecular formula is C15H22ClNO3S. The monoisotopic (exact) mass is 331 g/mol. The summed E-state index contributed by atoms with van der Waals surface area (Å²) in [7, 11) is 3.29. The summed E-state index contributed by atoms with van der Waals surface area (Å²) in [5, 5.41) is 0. The third kappa shape index (κ3) is 3.77. The van der Waals surface area contributed by atoms with Crippen molar-refractivity contribution in [3.05, 3.63) is 28.8 Å². The second kappa shape index (κ2) is 5.97. The highest BCUT2D eigenvalue weighted by molar-refractivity contribution is 8.13. The molecule has 0 N–H and O–H groups in total. The van der Waals surface area contributed by atoms with Gasteiger partial charge in [-0.1, -0.05) is 13.0 Å². The smallest absolute Gasteiger partial charge is 0.261 e. The molecule has 6 heteroatoms. The molecule has 0 fully saturated rings. The third-order valence-corrected chi connectivity index (χ3v) is 5.56. The van der Waals surface area contributed by atoms with Crippen LogP contribution in [0.1, 0.15) is 48.7 Å². The lowest BCUT2D eigenvalue weighted by molar-refractivity contribution is 0.0619. The summed E-state index contributed by atoms with van der Waals surface area (Å²) in [4.78, 5) is 14.3. The van der Waals surface area contributed by atoms with Gasteiger partial charge in [-0.3, -0.25) is 4.79 Å². The van der Waals surface area contributed by atoms with Gasteiger partial charge in [0, 0.05) is 28.8 Å². The molecule has 1 amide bonds. The first-order valence-corrected chi connectivity index (χ1v) is 9.07.